The number of anilines is 1. The maximum atomic E-state index is 5.97. The highest BCUT2D eigenvalue weighted by atomic mass is 32.1. The van der Waals surface area contributed by atoms with Gasteiger partial charge in [-0.15, -0.1) is 0 Å². The Kier molecular flexibility index (Phi) is 11.1. The Morgan fingerprint density at radius 3 is 2.27 bits per heavy atom. The first-order valence-corrected chi connectivity index (χ1v) is 18.7. The number of piperidine rings is 1. The van der Waals surface area contributed by atoms with Crippen molar-refractivity contribution in [2.75, 3.05) is 32.0 Å². The fourth-order valence-corrected chi connectivity index (χ4v) is 7.55. The quantitative estimate of drug-likeness (QED) is 0.0866. The monoisotopic (exact) mass is 695 g/mol. The van der Waals surface area contributed by atoms with Gasteiger partial charge in [-0.3, -0.25) is 0 Å². The van der Waals surface area contributed by atoms with Gasteiger partial charge in [0.2, 0.25) is 0 Å². The minimum atomic E-state index is 0.0554. The highest BCUT2D eigenvalue weighted by Gasteiger charge is 2.32. The number of aromatic nitrogens is 1. The molecule has 4 aromatic carbocycles. The smallest absolute Gasteiger partial charge is 0.175 e. The lowest BCUT2D eigenvalue weighted by molar-refractivity contribution is 0.266. The fraction of sp³-hybridized carbons (Fsp3) is 0.311. The van der Waals surface area contributed by atoms with Crippen LogP contribution >= 0.6 is 12.2 Å². The predicted octanol–water partition coefficient (Wildman–Crippen LogP) is 10.7. The highest BCUT2D eigenvalue weighted by Crippen LogP contribution is 2.42. The van der Waals surface area contributed by atoms with Crippen molar-refractivity contribution in [2.24, 2.45) is 5.41 Å². The van der Waals surface area contributed by atoms with E-state index >= 15 is 0 Å². The normalized spacial score (nSPS) is 17.4. The number of nitrogens with zero attached hydrogens (tertiary/aromatic N) is 1. The number of para-hydroxylation sites is 1. The number of fused-ring (bicyclic) bond motifs is 2. The number of nitrogens with one attached hydrogen (secondary N) is 4. The van der Waals surface area contributed by atoms with E-state index in [1.807, 2.05) is 7.05 Å². The number of rotatable bonds is 10. The minimum absolute atomic E-state index is 0.0554. The van der Waals surface area contributed by atoms with Crippen molar-refractivity contribution in [3.05, 3.63) is 143 Å². The molecule has 1 aliphatic heterocycles. The zero-order valence-corrected chi connectivity index (χ0v) is 31.9. The molecule has 6 heteroatoms. The molecule has 0 radical (unpaired) electrons. The van der Waals surface area contributed by atoms with Crippen LogP contribution < -0.4 is 16.0 Å². The van der Waals surface area contributed by atoms with E-state index in [9.17, 15) is 0 Å². The molecule has 1 saturated heterocycles. The van der Waals surface area contributed by atoms with Gasteiger partial charge in [-0.05, 0) is 84.7 Å². The third kappa shape index (κ3) is 8.14. The van der Waals surface area contributed by atoms with Crippen molar-refractivity contribution in [1.82, 2.24) is 20.5 Å². The van der Waals surface area contributed by atoms with Crippen LogP contribution in [0, 0.1) is 5.41 Å². The second-order valence-corrected chi connectivity index (χ2v) is 15.4. The summed E-state index contributed by atoms with van der Waals surface area (Å²) in [5.41, 5.74) is 10.8. The molecule has 0 saturated carbocycles. The number of H-pyrrole nitrogens is 1. The van der Waals surface area contributed by atoms with Crippen LogP contribution in [-0.2, 0) is 0 Å². The van der Waals surface area contributed by atoms with Gasteiger partial charge in [-0.1, -0.05) is 119 Å². The van der Waals surface area contributed by atoms with Crippen molar-refractivity contribution < 1.29 is 0 Å². The summed E-state index contributed by atoms with van der Waals surface area (Å²) >= 11 is 5.97. The van der Waals surface area contributed by atoms with E-state index in [0.717, 1.165) is 65.9 Å². The van der Waals surface area contributed by atoms with Crippen LogP contribution in [-0.4, -0.2) is 41.7 Å². The number of benzene rings is 4. The molecule has 51 heavy (non-hydrogen) atoms. The van der Waals surface area contributed by atoms with Crippen molar-refractivity contribution >= 4 is 50.4 Å². The maximum absolute atomic E-state index is 5.97. The van der Waals surface area contributed by atoms with E-state index in [-0.39, 0.29) is 5.41 Å². The number of hydrogen-bond acceptors (Lipinski definition) is 3. The number of likely N-dealkylation sites (tertiary alicyclic amines) is 1. The van der Waals surface area contributed by atoms with Gasteiger partial charge >= 0.3 is 0 Å². The van der Waals surface area contributed by atoms with E-state index in [2.05, 4.69) is 164 Å². The third-order valence-electron chi connectivity index (χ3n) is 10.6. The molecule has 2 heterocycles. The van der Waals surface area contributed by atoms with Gasteiger partial charge in [0.15, 0.2) is 5.11 Å². The van der Waals surface area contributed by atoms with Crippen molar-refractivity contribution in [1.29, 1.82) is 0 Å². The van der Waals surface area contributed by atoms with Gasteiger partial charge in [0, 0.05) is 76.6 Å². The van der Waals surface area contributed by atoms with Gasteiger partial charge in [0.1, 0.15) is 0 Å². The van der Waals surface area contributed by atoms with Crippen LogP contribution in [0.5, 0.6) is 0 Å². The predicted molar refractivity (Wildman–Crippen MR) is 223 cm³/mol. The summed E-state index contributed by atoms with van der Waals surface area (Å²) in [7, 11) is 1.99. The minimum Gasteiger partial charge on any atom is -0.370 e. The molecule has 0 spiro atoms. The zero-order valence-electron chi connectivity index (χ0n) is 31.1. The average molecular weight is 696 g/mol. The second kappa shape index (κ2) is 15.7. The first kappa shape index (κ1) is 36.2. The molecular formula is C45H53N5S. The van der Waals surface area contributed by atoms with E-state index in [4.69, 9.17) is 18.8 Å². The van der Waals surface area contributed by atoms with Crippen LogP contribution in [0.1, 0.15) is 76.0 Å². The summed E-state index contributed by atoms with van der Waals surface area (Å²) in [6.45, 7) is 18.5. The lowest BCUT2D eigenvalue weighted by Crippen LogP contribution is -2.37. The molecular weight excluding hydrogens is 643 g/mol. The maximum Gasteiger partial charge on any atom is 0.175 e. The molecule has 1 aromatic heterocycles. The molecule has 264 valence electrons. The Hall–Kier alpha value is -4.65. The van der Waals surface area contributed by atoms with Crippen LogP contribution in [0.4, 0.5) is 5.69 Å². The van der Waals surface area contributed by atoms with Crippen LogP contribution in [0.2, 0.25) is 0 Å². The van der Waals surface area contributed by atoms with Gasteiger partial charge < -0.3 is 25.8 Å². The summed E-state index contributed by atoms with van der Waals surface area (Å²) in [6, 6.07) is 32.6. The zero-order chi connectivity index (χ0) is 36.1. The number of hydrogen-bond donors (Lipinski definition) is 4. The molecule has 2 unspecified atom stereocenters. The molecule has 0 amide bonds. The lowest BCUT2D eigenvalue weighted by Gasteiger charge is -2.41. The lowest BCUT2D eigenvalue weighted by atomic mass is 9.80. The van der Waals surface area contributed by atoms with E-state index < -0.39 is 0 Å². The number of thiocarbonyl (C=S) groups is 1. The van der Waals surface area contributed by atoms with Crippen molar-refractivity contribution in [2.45, 2.75) is 59.3 Å². The van der Waals surface area contributed by atoms with Crippen molar-refractivity contribution in [3.63, 3.8) is 0 Å². The molecule has 0 aliphatic carbocycles. The van der Waals surface area contributed by atoms with Gasteiger partial charge in [0.25, 0.3) is 0 Å². The average Bonchev–Trinajstić information content (AvgIpc) is 3.57. The number of aromatic amines is 1. The number of allylic oxidation sites excluding steroid dienone is 2. The molecule has 6 rings (SSSR count). The Morgan fingerprint density at radius 2 is 1.57 bits per heavy atom. The van der Waals surface area contributed by atoms with Crippen LogP contribution in [0.15, 0.2) is 127 Å². The largest absolute Gasteiger partial charge is 0.370 e. The fourth-order valence-electron chi connectivity index (χ4n) is 7.33. The van der Waals surface area contributed by atoms with E-state index in [1.165, 1.54) is 33.2 Å². The summed E-state index contributed by atoms with van der Waals surface area (Å²) < 4.78 is 0. The van der Waals surface area contributed by atoms with Gasteiger partial charge in [0.05, 0.1) is 0 Å². The highest BCUT2D eigenvalue weighted by molar-refractivity contribution is 7.80. The van der Waals surface area contributed by atoms with E-state index in [0.29, 0.717) is 16.9 Å². The number of likely N-dealkylation sites (N-methyl/N-ethyl adjacent to an activating group) is 1. The first-order chi connectivity index (χ1) is 24.6. The molecule has 0 bridgehead atoms. The van der Waals surface area contributed by atoms with Crippen LogP contribution in [0.25, 0.3) is 27.4 Å². The summed E-state index contributed by atoms with van der Waals surface area (Å²) in [6.07, 6.45) is 6.49. The van der Waals surface area contributed by atoms with E-state index in [1.54, 1.807) is 0 Å². The summed E-state index contributed by atoms with van der Waals surface area (Å²) in [5.74, 6) is 0.752. The molecule has 1 fully saturated rings. The second-order valence-electron chi connectivity index (χ2n) is 14.9. The summed E-state index contributed by atoms with van der Waals surface area (Å²) in [4.78, 5) is 6.05. The standard InChI is InChI=1S/C45H53N5S/c1-8-32(26-46-7)43(24-30(2)45(4,5)6)49-44(51)48-42-23-22-36(37-18-12-13-19-38(37)42)31(3)50-28-34(33-16-10-9-11-17-33)25-35(29-50)40-27-47-41-21-15-14-20-39(40)41/h9-24,27,34-35,46-47H,3,8,25-26,28-29H2,1-2,4-7H3,(H2,48,49,51)/b30-24+,43-32+. The van der Waals surface area contributed by atoms with Gasteiger partial charge in [-0.25, -0.2) is 0 Å². The molecule has 5 nitrogen and oxygen atoms in total. The Morgan fingerprint density at radius 1 is 0.902 bits per heavy atom. The SMILES string of the molecule is C=C(c1ccc(NC(=S)NC(/C=C(\C)C(C)(C)C)=C(\CC)CNC)c2ccccc12)N1CC(c2ccccc2)CC(c2c[nH]c3ccccc23)C1. The molecule has 2 atom stereocenters. The van der Waals surface area contributed by atoms with Crippen molar-refractivity contribution in [3.8, 4) is 0 Å². The summed E-state index contributed by atoms with van der Waals surface area (Å²) in [5, 5.41) is 14.6. The molecule has 4 N–H and O–H groups in total. The third-order valence-corrected chi connectivity index (χ3v) is 10.8. The topological polar surface area (TPSA) is 55.1 Å². The van der Waals surface area contributed by atoms with Crippen LogP contribution in [0.3, 0.4) is 0 Å². The van der Waals surface area contributed by atoms with Gasteiger partial charge in [-0.2, -0.15) is 0 Å². The molecule has 1 aliphatic rings. The Bertz CT molecular complexity index is 2080. The molecule has 5 aromatic rings. The Balaban J connectivity index is 1.30. The first-order valence-electron chi connectivity index (χ1n) is 18.3. The Labute approximate surface area is 309 Å².